The number of aliphatic hydroxyl groups is 1. The first-order chi connectivity index (χ1) is 20.8. The third-order valence-corrected chi connectivity index (χ3v) is 7.80. The second-order valence-corrected chi connectivity index (χ2v) is 10.2. The van der Waals surface area contributed by atoms with Crippen LogP contribution in [0.2, 0.25) is 0 Å². The summed E-state index contributed by atoms with van der Waals surface area (Å²) in [6.07, 6.45) is 0. The predicted molar refractivity (Wildman–Crippen MR) is 165 cm³/mol. The van der Waals surface area contributed by atoms with Crippen LogP contribution in [0.4, 0.5) is 0 Å². The Hall–Kier alpha value is -4.50. The Balaban J connectivity index is 1.79. The van der Waals surface area contributed by atoms with Crippen molar-refractivity contribution in [3.8, 4) is 23.0 Å². The van der Waals surface area contributed by atoms with Crippen molar-refractivity contribution in [2.75, 3.05) is 47.5 Å². The van der Waals surface area contributed by atoms with E-state index in [0.717, 1.165) is 18.7 Å². The van der Waals surface area contributed by atoms with Gasteiger partial charge in [-0.25, -0.2) is 0 Å². The Labute approximate surface area is 253 Å². The van der Waals surface area contributed by atoms with Gasteiger partial charge in [0.15, 0.2) is 11.5 Å². The molecule has 1 atom stereocenters. The highest BCUT2D eigenvalue weighted by atomic mass is 16.5. The number of benzene rings is 3. The number of ketones is 1. The maximum Gasteiger partial charge on any atom is 0.295 e. The van der Waals surface area contributed by atoms with Gasteiger partial charge in [-0.05, 0) is 67.0 Å². The monoisotopic (exact) mass is 588 g/mol. The van der Waals surface area contributed by atoms with Crippen LogP contribution in [0.15, 0.2) is 66.2 Å². The molecule has 9 nitrogen and oxygen atoms in total. The SMILES string of the molecule is CCN(CC)CCN1C(=O)C(=O)C(=C(O)c2ccc(OCc3ccccc3)cc2C)[C@H]1c1cc(OC)c(OC)c(OC)c1. The Kier molecular flexibility index (Phi) is 10.3. The number of likely N-dealkylation sites (N-methyl/N-ethyl adjacent to an activating group) is 1. The molecule has 0 aromatic heterocycles. The number of nitrogens with zero attached hydrogens (tertiary/aromatic N) is 2. The number of ether oxygens (including phenoxy) is 4. The molecule has 0 saturated carbocycles. The van der Waals surface area contributed by atoms with E-state index in [1.54, 1.807) is 24.3 Å². The van der Waals surface area contributed by atoms with Crippen LogP contribution in [-0.4, -0.2) is 74.1 Å². The van der Waals surface area contributed by atoms with E-state index in [4.69, 9.17) is 18.9 Å². The highest BCUT2D eigenvalue weighted by molar-refractivity contribution is 6.46. The molecule has 1 fully saturated rings. The van der Waals surface area contributed by atoms with Crippen LogP contribution < -0.4 is 18.9 Å². The molecular weight excluding hydrogens is 548 g/mol. The van der Waals surface area contributed by atoms with Gasteiger partial charge in [-0.3, -0.25) is 9.59 Å². The third kappa shape index (κ3) is 6.62. The van der Waals surface area contributed by atoms with Crippen molar-refractivity contribution in [3.63, 3.8) is 0 Å². The van der Waals surface area contributed by atoms with E-state index < -0.39 is 17.7 Å². The molecule has 0 unspecified atom stereocenters. The number of amides is 1. The fourth-order valence-corrected chi connectivity index (χ4v) is 5.38. The quantitative estimate of drug-likeness (QED) is 0.162. The van der Waals surface area contributed by atoms with Gasteiger partial charge >= 0.3 is 0 Å². The summed E-state index contributed by atoms with van der Waals surface area (Å²) in [6, 6.07) is 17.6. The summed E-state index contributed by atoms with van der Waals surface area (Å²) in [7, 11) is 4.51. The number of hydrogen-bond acceptors (Lipinski definition) is 8. The summed E-state index contributed by atoms with van der Waals surface area (Å²) in [5.41, 5.74) is 2.71. The second-order valence-electron chi connectivity index (χ2n) is 10.2. The molecular formula is C34H40N2O7. The molecule has 3 aromatic rings. The summed E-state index contributed by atoms with van der Waals surface area (Å²) >= 11 is 0. The van der Waals surface area contributed by atoms with E-state index in [1.807, 2.05) is 57.2 Å². The number of Topliss-reactive ketones (excluding diaryl/α,β-unsaturated/α-hetero) is 1. The van der Waals surface area contributed by atoms with Gasteiger partial charge in [-0.15, -0.1) is 0 Å². The molecule has 0 radical (unpaired) electrons. The van der Waals surface area contributed by atoms with Crippen molar-refractivity contribution in [1.29, 1.82) is 0 Å². The minimum Gasteiger partial charge on any atom is -0.507 e. The lowest BCUT2D eigenvalue weighted by molar-refractivity contribution is -0.140. The number of methoxy groups -OCH3 is 3. The molecule has 4 rings (SSSR count). The zero-order valence-corrected chi connectivity index (χ0v) is 25.7. The van der Waals surface area contributed by atoms with Crippen LogP contribution in [0.1, 0.15) is 42.1 Å². The van der Waals surface area contributed by atoms with Gasteiger partial charge in [0.2, 0.25) is 5.75 Å². The van der Waals surface area contributed by atoms with Crippen LogP contribution in [0.5, 0.6) is 23.0 Å². The van der Waals surface area contributed by atoms with E-state index in [0.29, 0.717) is 52.8 Å². The molecule has 0 bridgehead atoms. The van der Waals surface area contributed by atoms with E-state index in [2.05, 4.69) is 4.90 Å². The van der Waals surface area contributed by atoms with Crippen LogP contribution in [0.25, 0.3) is 5.76 Å². The number of rotatable bonds is 13. The minimum atomic E-state index is -0.877. The molecule has 1 amide bonds. The molecule has 228 valence electrons. The number of aryl methyl sites for hydroxylation is 1. The lowest BCUT2D eigenvalue weighted by Gasteiger charge is -2.29. The van der Waals surface area contributed by atoms with Crippen LogP contribution >= 0.6 is 0 Å². The van der Waals surface area contributed by atoms with E-state index in [9.17, 15) is 14.7 Å². The smallest absolute Gasteiger partial charge is 0.295 e. The summed E-state index contributed by atoms with van der Waals surface area (Å²) in [6.45, 7) is 8.76. The first kappa shape index (κ1) is 31.4. The predicted octanol–water partition coefficient (Wildman–Crippen LogP) is 5.36. The summed E-state index contributed by atoms with van der Waals surface area (Å²) < 4.78 is 22.6. The highest BCUT2D eigenvalue weighted by Gasteiger charge is 2.46. The maximum absolute atomic E-state index is 13.6. The van der Waals surface area contributed by atoms with Crippen molar-refractivity contribution in [2.24, 2.45) is 0 Å². The highest BCUT2D eigenvalue weighted by Crippen LogP contribution is 2.46. The fraction of sp³-hybridized carbons (Fsp3) is 0.353. The van der Waals surface area contributed by atoms with Gasteiger partial charge in [-0.1, -0.05) is 44.2 Å². The van der Waals surface area contributed by atoms with Gasteiger partial charge < -0.3 is 33.9 Å². The number of hydrogen-bond donors (Lipinski definition) is 1. The van der Waals surface area contributed by atoms with Crippen LogP contribution in [0.3, 0.4) is 0 Å². The standard InChI is InChI=1S/C34H40N2O7/c1-7-35(8-2)16-17-36-30(24-19-27(40-4)33(42-6)28(20-24)41-5)29(32(38)34(36)39)31(37)26-15-14-25(18-22(26)3)43-21-23-12-10-9-11-13-23/h9-15,18-20,30,37H,7-8,16-17,21H2,1-6H3/t30-/m1/s1. The first-order valence-corrected chi connectivity index (χ1v) is 14.4. The third-order valence-electron chi connectivity index (χ3n) is 7.80. The molecule has 3 aromatic carbocycles. The molecule has 0 spiro atoms. The molecule has 43 heavy (non-hydrogen) atoms. The molecule has 0 aliphatic carbocycles. The normalized spacial score (nSPS) is 16.1. The number of carbonyl (C=O) groups excluding carboxylic acids is 2. The average Bonchev–Trinajstić information content (AvgIpc) is 3.28. The Morgan fingerprint density at radius 3 is 2.12 bits per heavy atom. The maximum atomic E-state index is 13.6. The molecule has 1 aliphatic rings. The second kappa shape index (κ2) is 14.1. The van der Waals surface area contributed by atoms with Crippen molar-refractivity contribution in [3.05, 3.63) is 88.5 Å². The number of aliphatic hydroxyl groups excluding tert-OH is 1. The Morgan fingerprint density at radius 1 is 0.907 bits per heavy atom. The van der Waals surface area contributed by atoms with Crippen molar-refractivity contribution >= 4 is 17.4 Å². The molecule has 1 heterocycles. The largest absolute Gasteiger partial charge is 0.507 e. The summed E-state index contributed by atoms with van der Waals surface area (Å²) in [5, 5.41) is 11.7. The summed E-state index contributed by atoms with van der Waals surface area (Å²) in [5.74, 6) is 0.0844. The zero-order valence-electron chi connectivity index (χ0n) is 25.7. The van der Waals surface area contributed by atoms with Crippen LogP contribution in [0, 0.1) is 6.92 Å². The Bertz CT molecular complexity index is 1460. The molecule has 1 N–H and O–H groups in total. The molecule has 1 aliphatic heterocycles. The van der Waals surface area contributed by atoms with Crippen molar-refractivity contribution < 1.29 is 33.6 Å². The van der Waals surface area contributed by atoms with Gasteiger partial charge in [-0.2, -0.15) is 0 Å². The summed E-state index contributed by atoms with van der Waals surface area (Å²) in [4.78, 5) is 30.8. The van der Waals surface area contributed by atoms with E-state index >= 15 is 0 Å². The number of likely N-dealkylation sites (tertiary alicyclic amines) is 1. The minimum absolute atomic E-state index is 0.000117. The first-order valence-electron chi connectivity index (χ1n) is 14.4. The van der Waals surface area contributed by atoms with E-state index in [-0.39, 0.29) is 17.9 Å². The zero-order chi connectivity index (χ0) is 31.1. The van der Waals surface area contributed by atoms with Crippen LogP contribution in [-0.2, 0) is 16.2 Å². The lowest BCUT2D eigenvalue weighted by Crippen LogP contribution is -2.38. The topological polar surface area (TPSA) is 97.8 Å². The lowest BCUT2D eigenvalue weighted by atomic mass is 9.93. The Morgan fingerprint density at radius 2 is 1.56 bits per heavy atom. The number of carbonyl (C=O) groups is 2. The van der Waals surface area contributed by atoms with Gasteiger partial charge in [0, 0.05) is 18.7 Å². The van der Waals surface area contributed by atoms with E-state index in [1.165, 1.54) is 26.2 Å². The van der Waals surface area contributed by atoms with Gasteiger partial charge in [0.25, 0.3) is 11.7 Å². The van der Waals surface area contributed by atoms with Crippen molar-refractivity contribution in [2.45, 2.75) is 33.4 Å². The van der Waals surface area contributed by atoms with Crippen molar-refractivity contribution in [1.82, 2.24) is 9.80 Å². The van der Waals surface area contributed by atoms with Gasteiger partial charge in [0.1, 0.15) is 18.1 Å². The fourth-order valence-electron chi connectivity index (χ4n) is 5.38. The van der Waals surface area contributed by atoms with Gasteiger partial charge in [0.05, 0.1) is 32.9 Å². The molecule has 1 saturated heterocycles. The molecule has 9 heteroatoms. The average molecular weight is 589 g/mol.